The number of aromatic nitrogens is 1. The number of halogens is 1. The second kappa shape index (κ2) is 11.2. The molecule has 0 fully saturated rings. The van der Waals surface area contributed by atoms with E-state index in [4.69, 9.17) is 19.9 Å². The third-order valence-corrected chi connectivity index (χ3v) is 5.20. The number of hydrogen-bond donors (Lipinski definition) is 1. The van der Waals surface area contributed by atoms with Crippen LogP contribution in [0.2, 0.25) is 0 Å². The molecule has 0 spiro atoms. The third kappa shape index (κ3) is 6.35. The molecule has 33 heavy (non-hydrogen) atoms. The van der Waals surface area contributed by atoms with Crippen LogP contribution in [0.25, 0.3) is 0 Å². The van der Waals surface area contributed by atoms with Crippen molar-refractivity contribution in [3.05, 3.63) is 77.1 Å². The van der Waals surface area contributed by atoms with Gasteiger partial charge in [0.15, 0.2) is 11.6 Å². The van der Waals surface area contributed by atoms with E-state index in [1.165, 1.54) is 13.2 Å². The van der Waals surface area contributed by atoms with Gasteiger partial charge in [0.1, 0.15) is 11.5 Å². The fourth-order valence-electron chi connectivity index (χ4n) is 3.44. The highest BCUT2D eigenvalue weighted by Crippen LogP contribution is 2.29. The molecule has 3 aromatic rings. The maximum absolute atomic E-state index is 15.3. The Kier molecular flexibility index (Phi) is 8.07. The molecule has 1 heterocycles. The van der Waals surface area contributed by atoms with Crippen molar-refractivity contribution < 1.29 is 23.4 Å². The number of anilines is 1. The number of benzene rings is 2. The molecule has 0 radical (unpaired) electrons. The molecular formula is C25H28FN3O4. The molecule has 0 unspecified atom stereocenters. The minimum Gasteiger partial charge on any atom is -0.497 e. The van der Waals surface area contributed by atoms with Gasteiger partial charge in [-0.05, 0) is 47.9 Å². The van der Waals surface area contributed by atoms with E-state index in [1.807, 2.05) is 53.4 Å². The van der Waals surface area contributed by atoms with Gasteiger partial charge < -0.3 is 24.8 Å². The fraction of sp³-hybridized carbons (Fsp3) is 0.280. The Balaban J connectivity index is 1.96. The van der Waals surface area contributed by atoms with Crippen LogP contribution in [0, 0.1) is 5.82 Å². The number of aryl methyl sites for hydroxylation is 1. The molecule has 1 aromatic heterocycles. The summed E-state index contributed by atoms with van der Waals surface area (Å²) in [5, 5.41) is 0. The summed E-state index contributed by atoms with van der Waals surface area (Å²) in [7, 11) is 4.68. The molecular weight excluding hydrogens is 425 g/mol. The number of carbonyl (C=O) groups excluding carboxylic acids is 1. The first-order valence-electron chi connectivity index (χ1n) is 10.5. The van der Waals surface area contributed by atoms with Gasteiger partial charge in [0, 0.05) is 25.1 Å². The highest BCUT2D eigenvalue weighted by molar-refractivity contribution is 5.74. The summed E-state index contributed by atoms with van der Waals surface area (Å²) in [6.07, 6.45) is 0.331. The number of hydrogen-bond acceptors (Lipinski definition) is 6. The average Bonchev–Trinajstić information content (AvgIpc) is 2.83. The van der Waals surface area contributed by atoms with E-state index in [0.717, 1.165) is 22.6 Å². The van der Waals surface area contributed by atoms with Crippen molar-refractivity contribution in [1.29, 1.82) is 0 Å². The smallest absolute Gasteiger partial charge is 0.218 e. The minimum atomic E-state index is -0.503. The summed E-state index contributed by atoms with van der Waals surface area (Å²) >= 11 is 0. The first kappa shape index (κ1) is 23.8. The van der Waals surface area contributed by atoms with Crippen molar-refractivity contribution >= 4 is 11.7 Å². The zero-order valence-corrected chi connectivity index (χ0v) is 19.0. The van der Waals surface area contributed by atoms with Gasteiger partial charge >= 0.3 is 0 Å². The van der Waals surface area contributed by atoms with E-state index in [2.05, 4.69) is 4.98 Å². The number of methoxy groups -OCH3 is 3. The molecule has 0 aliphatic heterocycles. The van der Waals surface area contributed by atoms with E-state index in [9.17, 15) is 4.79 Å². The van der Waals surface area contributed by atoms with Gasteiger partial charge in [0.05, 0.1) is 21.3 Å². The van der Waals surface area contributed by atoms with Crippen molar-refractivity contribution in [2.45, 2.75) is 25.9 Å². The van der Waals surface area contributed by atoms with Crippen LogP contribution in [0.4, 0.5) is 10.2 Å². The summed E-state index contributed by atoms with van der Waals surface area (Å²) in [5.41, 5.74) is 7.65. The Bertz CT molecular complexity index is 1020. The maximum Gasteiger partial charge on any atom is 0.218 e. The Hall–Kier alpha value is -3.81. The van der Waals surface area contributed by atoms with Crippen LogP contribution in [0.1, 0.15) is 23.1 Å². The summed E-state index contributed by atoms with van der Waals surface area (Å²) in [6.45, 7) is 0.813. The lowest BCUT2D eigenvalue weighted by Crippen LogP contribution is -2.25. The molecule has 7 nitrogen and oxygen atoms in total. The minimum absolute atomic E-state index is 0.0816. The summed E-state index contributed by atoms with van der Waals surface area (Å²) in [6, 6.07) is 16.5. The zero-order chi connectivity index (χ0) is 23.8. The topological polar surface area (TPSA) is 86.9 Å². The van der Waals surface area contributed by atoms with Crippen LogP contribution in [-0.2, 0) is 24.3 Å². The fourth-order valence-corrected chi connectivity index (χ4v) is 3.44. The average molecular weight is 454 g/mol. The van der Waals surface area contributed by atoms with Crippen LogP contribution >= 0.6 is 0 Å². The first-order valence-corrected chi connectivity index (χ1v) is 10.5. The third-order valence-electron chi connectivity index (χ3n) is 5.20. The van der Waals surface area contributed by atoms with Crippen molar-refractivity contribution in [2.24, 2.45) is 5.73 Å². The second-order valence-electron chi connectivity index (χ2n) is 7.48. The van der Waals surface area contributed by atoms with Gasteiger partial charge in [-0.1, -0.05) is 24.3 Å². The Morgan fingerprint density at radius 1 is 0.909 bits per heavy atom. The highest BCUT2D eigenvalue weighted by atomic mass is 19.1. The monoisotopic (exact) mass is 453 g/mol. The van der Waals surface area contributed by atoms with E-state index in [1.54, 1.807) is 14.2 Å². The lowest BCUT2D eigenvalue weighted by atomic mass is 10.1. The molecule has 0 saturated carbocycles. The van der Waals surface area contributed by atoms with Crippen LogP contribution in [0.15, 0.2) is 54.6 Å². The number of ether oxygens (including phenoxy) is 3. The van der Waals surface area contributed by atoms with Crippen LogP contribution in [0.3, 0.4) is 0 Å². The molecule has 0 atom stereocenters. The predicted octanol–water partition coefficient (Wildman–Crippen LogP) is 3.87. The van der Waals surface area contributed by atoms with E-state index >= 15 is 4.39 Å². The van der Waals surface area contributed by atoms with E-state index < -0.39 is 11.7 Å². The molecule has 0 aliphatic carbocycles. The van der Waals surface area contributed by atoms with Crippen molar-refractivity contribution in [2.75, 3.05) is 26.2 Å². The number of pyridine rings is 1. The normalized spacial score (nSPS) is 10.5. The highest BCUT2D eigenvalue weighted by Gasteiger charge is 2.19. The lowest BCUT2D eigenvalue weighted by Gasteiger charge is -2.25. The van der Waals surface area contributed by atoms with Crippen LogP contribution in [-0.4, -0.2) is 32.2 Å². The van der Waals surface area contributed by atoms with E-state index in [0.29, 0.717) is 18.7 Å². The summed E-state index contributed by atoms with van der Waals surface area (Å²) in [4.78, 5) is 17.5. The largest absolute Gasteiger partial charge is 0.497 e. The molecule has 1 amide bonds. The number of nitrogens with two attached hydrogens (primary N) is 1. The van der Waals surface area contributed by atoms with Gasteiger partial charge in [-0.3, -0.25) is 4.79 Å². The summed E-state index contributed by atoms with van der Waals surface area (Å²) < 4.78 is 31.1. The standard InChI is InChI=1S/C25H28FN3O4/c1-31-20-9-4-17(5-10-20)15-29(16-18-6-11-21(32-2)12-7-18)24-22(26)14-19(8-13-23(27)30)25(28-24)33-3/h4-7,9-12,14H,8,13,15-16H2,1-3H3,(H2,27,30). The Morgan fingerprint density at radius 2 is 1.42 bits per heavy atom. The number of nitrogens with zero attached hydrogens (tertiary/aromatic N) is 2. The molecule has 174 valence electrons. The number of rotatable bonds is 11. The lowest BCUT2D eigenvalue weighted by molar-refractivity contribution is -0.117. The summed E-state index contributed by atoms with van der Waals surface area (Å²) in [5.74, 6) is 0.929. The predicted molar refractivity (Wildman–Crippen MR) is 124 cm³/mol. The number of amides is 1. The first-order chi connectivity index (χ1) is 15.9. The second-order valence-corrected chi connectivity index (χ2v) is 7.48. The Morgan fingerprint density at radius 3 is 1.85 bits per heavy atom. The van der Waals surface area contributed by atoms with Gasteiger partial charge in [0.25, 0.3) is 0 Å². The molecule has 2 N–H and O–H groups in total. The van der Waals surface area contributed by atoms with E-state index in [-0.39, 0.29) is 24.5 Å². The zero-order valence-electron chi connectivity index (χ0n) is 19.0. The molecule has 8 heteroatoms. The molecule has 0 bridgehead atoms. The Labute approximate surface area is 192 Å². The van der Waals surface area contributed by atoms with Crippen LogP contribution < -0.4 is 24.8 Å². The van der Waals surface area contributed by atoms with Crippen LogP contribution in [0.5, 0.6) is 17.4 Å². The van der Waals surface area contributed by atoms with Crippen molar-refractivity contribution in [3.63, 3.8) is 0 Å². The van der Waals surface area contributed by atoms with Gasteiger partial charge in [-0.2, -0.15) is 4.98 Å². The molecule has 0 aliphatic rings. The molecule has 2 aromatic carbocycles. The maximum atomic E-state index is 15.3. The van der Waals surface area contributed by atoms with Gasteiger partial charge in [-0.25, -0.2) is 4.39 Å². The molecule has 0 saturated heterocycles. The SMILES string of the molecule is COc1ccc(CN(Cc2ccc(OC)cc2)c2nc(OC)c(CCC(N)=O)cc2F)cc1. The quantitative estimate of drug-likeness (QED) is 0.474. The number of carbonyl (C=O) groups is 1. The number of primary amides is 1. The van der Waals surface area contributed by atoms with Crippen molar-refractivity contribution in [3.8, 4) is 17.4 Å². The van der Waals surface area contributed by atoms with Gasteiger partial charge in [0.2, 0.25) is 11.8 Å². The van der Waals surface area contributed by atoms with Crippen molar-refractivity contribution in [1.82, 2.24) is 4.98 Å². The van der Waals surface area contributed by atoms with Gasteiger partial charge in [-0.15, -0.1) is 0 Å². The molecule has 3 rings (SSSR count).